The quantitative estimate of drug-likeness (QED) is 0.190. The average molecular weight is 563 g/mol. The molecule has 3 rings (SSSR count). The Labute approximate surface area is 128 Å². The molecule has 2 atom stereocenters. The van der Waals surface area contributed by atoms with Crippen LogP contribution in [-0.2, 0) is 9.53 Å². The summed E-state index contributed by atoms with van der Waals surface area (Å²) in [4.78, 5) is 20.4. The van der Waals surface area contributed by atoms with E-state index in [-0.39, 0.29) is 12.3 Å². The average Bonchev–Trinajstić information content (AvgIpc) is 3.14. The standard InChI is InChI=1S/C13H20N7O2.Fm/c14-12-11-13(18-6-17-12)20(7-19-11)10-2-1-9(22-10)5-15-3-4-16-8-21;/h6,9-10,15,19H,1-5,7H2,(H,16,21)(H2,14,17,18);/q-1;/t9-,10+;/m0./s1. The van der Waals surface area contributed by atoms with Gasteiger partial charge in [-0.3, -0.25) is 0 Å². The molecule has 10 heteroatoms. The number of hydrogen-bond donors (Lipinski definition) is 4. The second-order valence-corrected chi connectivity index (χ2v) is 5.29. The SMILES string of the molecule is Nc1ncnc2c1NCN2[C@H]1CC[C@@H](CNCCN[C-]=O)O1.[Fm]. The van der Waals surface area contributed by atoms with Crippen LogP contribution in [0.5, 0.6) is 0 Å². The maximum atomic E-state index is 10.0. The van der Waals surface area contributed by atoms with E-state index >= 15 is 0 Å². The van der Waals surface area contributed by atoms with Gasteiger partial charge in [-0.2, -0.15) is 6.41 Å². The zero-order chi connectivity index (χ0) is 15.4. The van der Waals surface area contributed by atoms with Crippen molar-refractivity contribution in [3.05, 3.63) is 6.33 Å². The van der Waals surface area contributed by atoms with Gasteiger partial charge in [0.15, 0.2) is 11.6 Å². The van der Waals surface area contributed by atoms with E-state index in [2.05, 4.69) is 30.8 Å². The number of amides is 1. The smallest absolute Gasteiger partial charge is 0.161 e. The number of anilines is 3. The van der Waals surface area contributed by atoms with Crippen LogP contribution in [0.25, 0.3) is 0 Å². The molecule has 23 heavy (non-hydrogen) atoms. The molecular weight excluding hydrogens is 543 g/mol. The fourth-order valence-corrected chi connectivity index (χ4v) is 2.79. The second-order valence-electron chi connectivity index (χ2n) is 5.29. The minimum absolute atomic E-state index is 0. The minimum Gasteiger partial charge on any atom is -0.529 e. The van der Waals surface area contributed by atoms with Crippen LogP contribution in [0.1, 0.15) is 12.8 Å². The van der Waals surface area contributed by atoms with Gasteiger partial charge in [-0.1, -0.05) is 0 Å². The first-order chi connectivity index (χ1) is 10.8. The van der Waals surface area contributed by atoms with Crippen molar-refractivity contribution in [2.75, 3.05) is 42.3 Å². The number of nitrogens with two attached hydrogens (primary N) is 1. The van der Waals surface area contributed by atoms with Crippen molar-refractivity contribution in [3.63, 3.8) is 0 Å². The van der Waals surface area contributed by atoms with Crippen molar-refractivity contribution in [3.8, 4) is 0 Å². The predicted octanol–water partition coefficient (Wildman–Crippen LogP) is -1.00. The number of nitrogens with zero attached hydrogens (tertiary/aromatic N) is 3. The van der Waals surface area contributed by atoms with Gasteiger partial charge in [-0.25, -0.2) is 9.97 Å². The summed E-state index contributed by atoms with van der Waals surface area (Å²) >= 11 is 0. The summed E-state index contributed by atoms with van der Waals surface area (Å²) in [7, 11) is 0. The minimum atomic E-state index is -0.00344. The van der Waals surface area contributed by atoms with Crippen LogP contribution in [0, 0.1) is 0 Å². The molecule has 1 fully saturated rings. The maximum absolute atomic E-state index is 10.0. The van der Waals surface area contributed by atoms with Crippen molar-refractivity contribution in [2.24, 2.45) is 0 Å². The molecule has 0 saturated carbocycles. The number of aromatic nitrogens is 2. The molecule has 0 bridgehead atoms. The van der Waals surface area contributed by atoms with Gasteiger partial charge in [-0.05, 0) is 19.4 Å². The van der Waals surface area contributed by atoms with E-state index in [1.54, 1.807) is 6.41 Å². The fourth-order valence-electron chi connectivity index (χ4n) is 2.79. The molecule has 9 nitrogen and oxygen atoms in total. The summed E-state index contributed by atoms with van der Waals surface area (Å²) in [6.45, 7) is 2.66. The van der Waals surface area contributed by atoms with Gasteiger partial charge >= 0.3 is 0 Å². The Bertz CT molecular complexity index is 533. The second kappa shape index (κ2) is 7.23. The third-order valence-electron chi connectivity index (χ3n) is 3.86. The molecule has 1 aromatic heterocycles. The predicted molar refractivity (Wildman–Crippen MR) is 81.9 cm³/mol. The fraction of sp³-hybridized carbons (Fsp3) is 0.615. The molecule has 0 aromatic carbocycles. The largest absolute Gasteiger partial charge is 0.529 e. The van der Waals surface area contributed by atoms with Crippen molar-refractivity contribution in [1.82, 2.24) is 20.6 Å². The first-order valence-electron chi connectivity index (χ1n) is 7.36. The van der Waals surface area contributed by atoms with Crippen LogP contribution in [-0.4, -0.2) is 55.0 Å². The third kappa shape index (κ3) is 3.38. The number of nitrogens with one attached hydrogen (secondary N) is 3. The Balaban J connectivity index is 0.00000192. The molecule has 1 saturated heterocycles. The molecule has 1 aromatic rings. The molecule has 5 N–H and O–H groups in total. The van der Waals surface area contributed by atoms with Crippen LogP contribution in [0.3, 0.4) is 0 Å². The number of hydrogen-bond acceptors (Lipinski definition) is 8. The van der Waals surface area contributed by atoms with E-state index in [9.17, 15) is 4.79 Å². The number of rotatable bonds is 7. The molecule has 0 aliphatic carbocycles. The maximum Gasteiger partial charge on any atom is 0.161 e. The van der Waals surface area contributed by atoms with Crippen LogP contribution in [0.2, 0.25) is 0 Å². The van der Waals surface area contributed by atoms with Crippen molar-refractivity contribution in [2.45, 2.75) is 25.2 Å². The van der Waals surface area contributed by atoms with Gasteiger partial charge in [0.25, 0.3) is 0 Å². The Morgan fingerprint density at radius 3 is 3.13 bits per heavy atom. The summed E-state index contributed by atoms with van der Waals surface area (Å²) in [5.74, 6) is 1.26. The Hall–Kier alpha value is -3.13. The summed E-state index contributed by atoms with van der Waals surface area (Å²) in [5.41, 5.74) is 6.62. The van der Waals surface area contributed by atoms with Gasteiger partial charge < -0.3 is 36.1 Å². The summed E-state index contributed by atoms with van der Waals surface area (Å²) < 4.78 is 6.07. The summed E-state index contributed by atoms with van der Waals surface area (Å²) in [5, 5.41) is 8.96. The topological polar surface area (TPSA) is 117 Å². The molecule has 0 radical (unpaired) electrons. The molecule has 2 aliphatic rings. The summed E-state index contributed by atoms with van der Waals surface area (Å²) in [6.07, 6.45) is 5.20. The Morgan fingerprint density at radius 1 is 1.43 bits per heavy atom. The normalized spacial score (nSPS) is 22.2. The molecular formula is C13H20FmN7O2-. The van der Waals surface area contributed by atoms with E-state index in [0.717, 1.165) is 30.9 Å². The van der Waals surface area contributed by atoms with Gasteiger partial charge in [0.05, 0.1) is 12.8 Å². The first-order valence-corrected chi connectivity index (χ1v) is 7.36. The van der Waals surface area contributed by atoms with Gasteiger partial charge in [0, 0.05) is 13.1 Å². The molecule has 3 heterocycles. The molecule has 1 amide bonds. The van der Waals surface area contributed by atoms with Crippen molar-refractivity contribution in [1.29, 1.82) is 0 Å². The Kier molecular flexibility index (Phi) is 5.11. The van der Waals surface area contributed by atoms with Gasteiger partial charge in [-0.15, -0.1) is 0 Å². The van der Waals surface area contributed by atoms with Gasteiger partial charge in [0.1, 0.15) is 18.2 Å². The third-order valence-corrected chi connectivity index (χ3v) is 3.86. The number of ether oxygens (including phenoxy) is 1. The number of nitrogen functional groups attached to an aromatic ring is 1. The van der Waals surface area contributed by atoms with E-state index in [1.165, 1.54) is 6.33 Å². The van der Waals surface area contributed by atoms with E-state index in [1.807, 2.05) is 0 Å². The van der Waals surface area contributed by atoms with Crippen molar-refractivity contribution >= 4 is 23.7 Å². The first kappa shape index (κ1) is 16.2. The van der Waals surface area contributed by atoms with Crippen LogP contribution in [0.4, 0.5) is 17.3 Å². The zero-order valence-electron chi connectivity index (χ0n) is 12.5. The van der Waals surface area contributed by atoms with Crippen LogP contribution in [0.15, 0.2) is 6.33 Å². The van der Waals surface area contributed by atoms with Gasteiger partial charge in [0.2, 0.25) is 0 Å². The Morgan fingerprint density at radius 2 is 2.30 bits per heavy atom. The van der Waals surface area contributed by atoms with E-state index < -0.39 is 0 Å². The number of carbonyl (C=O) groups excluding carboxylic acids is 1. The molecule has 0 spiro atoms. The molecule has 2 aliphatic heterocycles. The zero-order valence-corrected chi connectivity index (χ0v) is 14.9. The van der Waals surface area contributed by atoms with E-state index in [0.29, 0.717) is 25.6 Å². The molecule has 0 unspecified atom stereocenters. The molecule has 132 valence electrons. The van der Waals surface area contributed by atoms with Crippen molar-refractivity contribution < 1.29 is 9.53 Å². The number of fused-ring (bicyclic) bond motifs is 1. The summed E-state index contributed by atoms with van der Waals surface area (Å²) in [6, 6.07) is 0. The monoisotopic (exact) mass is 563 g/mol. The van der Waals surface area contributed by atoms with Crippen LogP contribution >= 0.6 is 0 Å². The van der Waals surface area contributed by atoms with E-state index in [4.69, 9.17) is 10.5 Å². The van der Waals surface area contributed by atoms with Crippen LogP contribution < -0.4 is 26.6 Å².